The molecule has 2 aromatic heterocycles. The van der Waals surface area contributed by atoms with Gasteiger partial charge in [0, 0.05) is 26.2 Å². The molecule has 0 amide bonds. The third-order valence-corrected chi connectivity index (χ3v) is 4.28. The second-order valence-electron chi connectivity index (χ2n) is 4.85. The fourth-order valence-corrected chi connectivity index (χ4v) is 3.07. The summed E-state index contributed by atoms with van der Waals surface area (Å²) < 4.78 is 0. The summed E-state index contributed by atoms with van der Waals surface area (Å²) in [5.74, 6) is 7.10. The number of nitrogen functional groups attached to an aromatic ring is 1. The number of aromatic nitrogens is 2. The Balaban J connectivity index is 1.80. The fraction of sp³-hybridized carbons (Fsp3) is 0.500. The van der Waals surface area contributed by atoms with Crippen LogP contribution in [-0.4, -0.2) is 53.0 Å². The molecule has 3 rings (SSSR count). The molecule has 102 valence electrons. The van der Waals surface area contributed by atoms with E-state index in [1.54, 1.807) is 11.3 Å². The Kier molecular flexibility index (Phi) is 3.61. The van der Waals surface area contributed by atoms with Gasteiger partial charge in [-0.05, 0) is 18.5 Å². The maximum absolute atomic E-state index is 5.54. The lowest BCUT2D eigenvalue weighted by Gasteiger charge is -2.31. The Morgan fingerprint density at radius 3 is 2.84 bits per heavy atom. The van der Waals surface area contributed by atoms with Gasteiger partial charge in [0.1, 0.15) is 10.7 Å². The van der Waals surface area contributed by atoms with E-state index in [0.717, 1.165) is 54.6 Å². The number of nitrogens with two attached hydrogens (primary N) is 1. The fourth-order valence-electron chi connectivity index (χ4n) is 2.29. The number of hydrazine groups is 1. The quantitative estimate of drug-likeness (QED) is 0.637. The molecular formula is C12H18N6S. The molecule has 0 spiro atoms. The summed E-state index contributed by atoms with van der Waals surface area (Å²) in [5.41, 5.74) is 2.67. The van der Waals surface area contributed by atoms with E-state index in [4.69, 9.17) is 5.84 Å². The number of nitrogens with one attached hydrogen (secondary N) is 1. The molecule has 0 radical (unpaired) electrons. The van der Waals surface area contributed by atoms with Crippen molar-refractivity contribution in [3.63, 3.8) is 0 Å². The lowest BCUT2D eigenvalue weighted by molar-refractivity contribution is 0.145. The number of anilines is 1. The molecule has 0 aromatic carbocycles. The van der Waals surface area contributed by atoms with E-state index in [1.165, 1.54) is 0 Å². The Labute approximate surface area is 116 Å². The van der Waals surface area contributed by atoms with Crippen molar-refractivity contribution in [2.24, 2.45) is 5.84 Å². The van der Waals surface area contributed by atoms with E-state index in [0.29, 0.717) is 0 Å². The highest BCUT2D eigenvalue weighted by Gasteiger charge is 2.16. The minimum absolute atomic E-state index is 0.718. The highest BCUT2D eigenvalue weighted by Crippen LogP contribution is 2.24. The third kappa shape index (κ3) is 2.69. The summed E-state index contributed by atoms with van der Waals surface area (Å²) in [6, 6.07) is 1.99. The highest BCUT2D eigenvalue weighted by atomic mass is 32.1. The first-order valence-corrected chi connectivity index (χ1v) is 7.26. The minimum Gasteiger partial charge on any atom is -0.308 e. The zero-order chi connectivity index (χ0) is 13.2. The molecule has 3 N–H and O–H groups in total. The second kappa shape index (κ2) is 5.38. The van der Waals surface area contributed by atoms with Gasteiger partial charge >= 0.3 is 0 Å². The van der Waals surface area contributed by atoms with Crippen LogP contribution in [0.4, 0.5) is 5.82 Å². The Hall–Kier alpha value is -1.28. The molecule has 0 atom stereocenters. The molecular weight excluding hydrogens is 260 g/mol. The number of piperazine rings is 1. The maximum Gasteiger partial charge on any atom is 0.152 e. The van der Waals surface area contributed by atoms with Gasteiger partial charge in [0.05, 0.1) is 11.9 Å². The predicted molar refractivity (Wildman–Crippen MR) is 78.0 cm³/mol. The first kappa shape index (κ1) is 12.7. The van der Waals surface area contributed by atoms with E-state index >= 15 is 0 Å². The standard InChI is InChI=1S/C12H18N6S/c1-17-3-5-18(6-4-17)8-10-14-11(16-13)9-2-7-19-12(9)15-10/h2,7H,3-6,8,13H2,1H3,(H,14,15,16). The number of likely N-dealkylation sites (N-methyl/N-ethyl adjacent to an activating group) is 1. The van der Waals surface area contributed by atoms with Crippen molar-refractivity contribution in [1.82, 2.24) is 19.8 Å². The Bertz CT molecular complexity index is 560. The number of thiophene rings is 1. The topological polar surface area (TPSA) is 70.3 Å². The van der Waals surface area contributed by atoms with Crippen LogP contribution in [0, 0.1) is 0 Å². The average molecular weight is 278 g/mol. The number of nitrogens with zero attached hydrogens (tertiary/aromatic N) is 4. The number of fused-ring (bicyclic) bond motifs is 1. The number of hydrogen-bond acceptors (Lipinski definition) is 7. The predicted octanol–water partition coefficient (Wildman–Crippen LogP) is 0.724. The van der Waals surface area contributed by atoms with Gasteiger partial charge in [-0.3, -0.25) is 4.90 Å². The first-order valence-electron chi connectivity index (χ1n) is 6.38. The molecule has 19 heavy (non-hydrogen) atoms. The highest BCUT2D eigenvalue weighted by molar-refractivity contribution is 7.16. The molecule has 7 heteroatoms. The number of rotatable bonds is 3. The van der Waals surface area contributed by atoms with Crippen molar-refractivity contribution in [1.29, 1.82) is 0 Å². The normalized spacial score (nSPS) is 18.0. The van der Waals surface area contributed by atoms with Gasteiger partial charge in [-0.1, -0.05) is 0 Å². The van der Waals surface area contributed by atoms with Crippen molar-refractivity contribution in [3.8, 4) is 0 Å². The molecule has 1 aliphatic heterocycles. The van der Waals surface area contributed by atoms with Gasteiger partial charge in [-0.25, -0.2) is 15.8 Å². The Morgan fingerprint density at radius 1 is 1.32 bits per heavy atom. The monoisotopic (exact) mass is 278 g/mol. The van der Waals surface area contributed by atoms with Gasteiger partial charge in [0.2, 0.25) is 0 Å². The van der Waals surface area contributed by atoms with Crippen LogP contribution in [-0.2, 0) is 6.54 Å². The Morgan fingerprint density at radius 2 is 2.11 bits per heavy atom. The van der Waals surface area contributed by atoms with Crippen molar-refractivity contribution >= 4 is 27.4 Å². The lowest BCUT2D eigenvalue weighted by atomic mass is 10.3. The molecule has 2 aromatic rings. The summed E-state index contributed by atoms with van der Waals surface area (Å²) >= 11 is 1.62. The van der Waals surface area contributed by atoms with Crippen LogP contribution in [0.15, 0.2) is 11.4 Å². The second-order valence-corrected chi connectivity index (χ2v) is 5.75. The van der Waals surface area contributed by atoms with Crippen LogP contribution in [0.3, 0.4) is 0 Å². The van der Waals surface area contributed by atoms with E-state index in [9.17, 15) is 0 Å². The van der Waals surface area contributed by atoms with Gasteiger partial charge in [-0.15, -0.1) is 11.3 Å². The smallest absolute Gasteiger partial charge is 0.152 e. The van der Waals surface area contributed by atoms with Crippen LogP contribution < -0.4 is 11.3 Å². The van der Waals surface area contributed by atoms with Gasteiger partial charge in [-0.2, -0.15) is 0 Å². The van der Waals surface area contributed by atoms with Gasteiger partial charge < -0.3 is 10.3 Å². The zero-order valence-electron chi connectivity index (χ0n) is 11.0. The van der Waals surface area contributed by atoms with Crippen LogP contribution >= 0.6 is 11.3 Å². The average Bonchev–Trinajstić information content (AvgIpc) is 2.89. The van der Waals surface area contributed by atoms with E-state index in [1.807, 2.05) is 11.4 Å². The summed E-state index contributed by atoms with van der Waals surface area (Å²) in [4.78, 5) is 14.8. The van der Waals surface area contributed by atoms with Crippen LogP contribution in [0.5, 0.6) is 0 Å². The van der Waals surface area contributed by atoms with Crippen molar-refractivity contribution in [2.75, 3.05) is 38.7 Å². The maximum atomic E-state index is 5.54. The molecule has 1 aliphatic rings. The summed E-state index contributed by atoms with van der Waals surface area (Å²) in [7, 11) is 2.15. The van der Waals surface area contributed by atoms with Crippen molar-refractivity contribution < 1.29 is 0 Å². The summed E-state index contributed by atoms with van der Waals surface area (Å²) in [6.45, 7) is 5.12. The van der Waals surface area contributed by atoms with E-state index < -0.39 is 0 Å². The molecule has 0 unspecified atom stereocenters. The number of hydrogen-bond donors (Lipinski definition) is 2. The van der Waals surface area contributed by atoms with Crippen LogP contribution in [0.2, 0.25) is 0 Å². The van der Waals surface area contributed by atoms with Crippen LogP contribution in [0.25, 0.3) is 10.2 Å². The molecule has 0 aliphatic carbocycles. The summed E-state index contributed by atoms with van der Waals surface area (Å²) in [6.07, 6.45) is 0. The van der Waals surface area contributed by atoms with Gasteiger partial charge in [0.15, 0.2) is 5.82 Å². The van der Waals surface area contributed by atoms with Crippen molar-refractivity contribution in [2.45, 2.75) is 6.54 Å². The lowest BCUT2D eigenvalue weighted by Crippen LogP contribution is -2.44. The third-order valence-electron chi connectivity index (χ3n) is 3.47. The van der Waals surface area contributed by atoms with E-state index in [2.05, 4.69) is 32.2 Å². The zero-order valence-corrected chi connectivity index (χ0v) is 11.8. The molecule has 0 saturated carbocycles. The molecule has 0 bridgehead atoms. The molecule has 1 fully saturated rings. The molecule has 3 heterocycles. The SMILES string of the molecule is CN1CCN(Cc2nc(NN)c3ccsc3n2)CC1. The molecule has 6 nitrogen and oxygen atoms in total. The first-order chi connectivity index (χ1) is 9.26. The van der Waals surface area contributed by atoms with E-state index in [-0.39, 0.29) is 0 Å². The molecule has 1 saturated heterocycles. The largest absolute Gasteiger partial charge is 0.308 e. The van der Waals surface area contributed by atoms with Crippen LogP contribution in [0.1, 0.15) is 5.82 Å². The van der Waals surface area contributed by atoms with Crippen molar-refractivity contribution in [3.05, 3.63) is 17.3 Å². The summed E-state index contributed by atoms with van der Waals surface area (Å²) in [5, 5.41) is 3.01. The minimum atomic E-state index is 0.718. The van der Waals surface area contributed by atoms with Gasteiger partial charge in [0.25, 0.3) is 0 Å².